The molecule has 2 N–H and O–H groups in total. The molecule has 0 radical (unpaired) electrons. The summed E-state index contributed by atoms with van der Waals surface area (Å²) < 4.78 is 18.9. The topological polar surface area (TPSA) is 38.4 Å². The third kappa shape index (κ3) is 2.68. The van der Waals surface area contributed by atoms with Crippen LogP contribution in [0.5, 0.6) is 0 Å². The van der Waals surface area contributed by atoms with Crippen LogP contribution < -0.4 is 5.73 Å². The molecule has 0 amide bonds. The Hall–Kier alpha value is -1.33. The number of hydrogen-bond acceptors (Lipinski definition) is 4. The van der Waals surface area contributed by atoms with Crippen molar-refractivity contribution in [3.8, 4) is 20.9 Å². The molecule has 112 valence electrons. The van der Waals surface area contributed by atoms with Crippen LogP contribution in [0.4, 0.5) is 15.8 Å². The standard InChI is InChI=1S/C16H13FN2S2Se/c1-8-3-5-12(20-8)10-7-11(17)14(15(18)16(10)19-22)13-6-4-9(2)21-13/h3-7H,18H2,1-2H3. The van der Waals surface area contributed by atoms with Gasteiger partial charge >= 0.3 is 145 Å². The number of halogens is 1. The molecule has 2 aromatic heterocycles. The summed E-state index contributed by atoms with van der Waals surface area (Å²) in [4.78, 5) is 4.07. The van der Waals surface area contributed by atoms with Crippen LogP contribution in [-0.4, -0.2) is 15.8 Å². The third-order valence-electron chi connectivity index (χ3n) is 3.37. The van der Waals surface area contributed by atoms with Gasteiger partial charge < -0.3 is 0 Å². The number of rotatable bonds is 3. The van der Waals surface area contributed by atoms with Crippen LogP contribution in [0.25, 0.3) is 20.9 Å². The van der Waals surface area contributed by atoms with E-state index in [9.17, 15) is 4.39 Å². The first kappa shape index (κ1) is 15.6. The normalized spacial score (nSPS) is 10.9. The number of nitrogen functional groups attached to an aromatic ring is 1. The van der Waals surface area contributed by atoms with Crippen molar-refractivity contribution in [2.24, 2.45) is 3.96 Å². The summed E-state index contributed by atoms with van der Waals surface area (Å²) in [5.41, 5.74) is 8.38. The van der Waals surface area contributed by atoms with Crippen LogP contribution in [-0.2, 0) is 0 Å². The molecule has 0 saturated carbocycles. The number of thiophene rings is 2. The Morgan fingerprint density at radius 3 is 2.14 bits per heavy atom. The monoisotopic (exact) mass is 396 g/mol. The fraction of sp³-hybridized carbons (Fsp3) is 0.125. The van der Waals surface area contributed by atoms with Crippen molar-refractivity contribution < 1.29 is 4.39 Å². The van der Waals surface area contributed by atoms with Crippen molar-refractivity contribution in [3.63, 3.8) is 0 Å². The van der Waals surface area contributed by atoms with E-state index in [0.29, 0.717) is 16.9 Å². The fourth-order valence-electron chi connectivity index (χ4n) is 2.34. The zero-order valence-corrected chi connectivity index (χ0v) is 15.4. The van der Waals surface area contributed by atoms with Crippen molar-refractivity contribution >= 4 is 49.9 Å². The van der Waals surface area contributed by atoms with Gasteiger partial charge in [-0.15, -0.1) is 0 Å². The van der Waals surface area contributed by atoms with E-state index in [-0.39, 0.29) is 5.82 Å². The molecule has 3 aromatic rings. The minimum absolute atomic E-state index is 0.312. The molecule has 0 bridgehead atoms. The molecule has 6 heteroatoms. The molecule has 0 fully saturated rings. The maximum absolute atomic E-state index is 14.7. The predicted octanol–water partition coefficient (Wildman–Crippen LogP) is 5.47. The fourth-order valence-corrected chi connectivity index (χ4v) is 4.57. The molecule has 1 aromatic carbocycles. The number of nitrogens with zero attached hydrogens (tertiary/aromatic N) is 1. The molecule has 2 heterocycles. The van der Waals surface area contributed by atoms with E-state index >= 15 is 0 Å². The van der Waals surface area contributed by atoms with Crippen LogP contribution in [0.15, 0.2) is 34.3 Å². The Balaban J connectivity index is 2.26. The van der Waals surface area contributed by atoms with E-state index in [1.165, 1.54) is 17.4 Å². The Morgan fingerprint density at radius 2 is 1.64 bits per heavy atom. The minimum atomic E-state index is -0.312. The number of nitrogens with two attached hydrogens (primary N) is 1. The number of benzene rings is 1. The number of anilines is 1. The van der Waals surface area contributed by atoms with Crippen molar-refractivity contribution in [2.75, 3.05) is 5.73 Å². The van der Waals surface area contributed by atoms with E-state index in [1.807, 2.05) is 38.1 Å². The van der Waals surface area contributed by atoms with Crippen molar-refractivity contribution in [3.05, 3.63) is 45.9 Å². The molecule has 2 nitrogen and oxygen atoms in total. The second kappa shape index (κ2) is 6.05. The molecule has 3 rings (SSSR count). The molecule has 0 aliphatic rings. The van der Waals surface area contributed by atoms with E-state index in [0.717, 1.165) is 25.1 Å². The van der Waals surface area contributed by atoms with Gasteiger partial charge in [0, 0.05) is 0 Å². The third-order valence-corrected chi connectivity index (χ3v) is 5.81. The summed E-state index contributed by atoms with van der Waals surface area (Å²) >= 11 is 5.78. The molecule has 0 atom stereocenters. The Bertz CT molecular complexity index is 867. The summed E-state index contributed by atoms with van der Waals surface area (Å²) in [5.74, 6) is -0.312. The summed E-state index contributed by atoms with van der Waals surface area (Å²) in [6, 6.07) is 9.37. The first-order valence-electron chi connectivity index (χ1n) is 6.60. The van der Waals surface area contributed by atoms with Gasteiger partial charge in [-0.2, -0.15) is 0 Å². The van der Waals surface area contributed by atoms with Gasteiger partial charge in [-0.1, -0.05) is 0 Å². The van der Waals surface area contributed by atoms with Crippen molar-refractivity contribution in [2.45, 2.75) is 13.8 Å². The molecule has 22 heavy (non-hydrogen) atoms. The first-order valence-corrected chi connectivity index (χ1v) is 9.00. The van der Waals surface area contributed by atoms with E-state index in [4.69, 9.17) is 5.73 Å². The number of hydrogen-bond donors (Lipinski definition) is 1. The molecule has 0 unspecified atom stereocenters. The summed E-state index contributed by atoms with van der Waals surface area (Å²) in [6.07, 6.45) is 0. The maximum atomic E-state index is 14.7. The van der Waals surface area contributed by atoms with Crippen LogP contribution in [0.3, 0.4) is 0 Å². The summed E-state index contributed by atoms with van der Waals surface area (Å²) in [7, 11) is 0. The average molecular weight is 395 g/mol. The van der Waals surface area contributed by atoms with Gasteiger partial charge in [-0.25, -0.2) is 0 Å². The second-order valence-electron chi connectivity index (χ2n) is 4.96. The van der Waals surface area contributed by atoms with E-state index < -0.39 is 0 Å². The average Bonchev–Trinajstić information content (AvgIpc) is 3.07. The molecular weight excluding hydrogens is 382 g/mol. The van der Waals surface area contributed by atoms with Crippen LogP contribution >= 0.6 is 22.7 Å². The van der Waals surface area contributed by atoms with Crippen LogP contribution in [0, 0.1) is 19.7 Å². The molecule has 0 spiro atoms. The van der Waals surface area contributed by atoms with Crippen molar-refractivity contribution in [1.29, 1.82) is 0 Å². The Kier molecular flexibility index (Phi) is 4.28. The molecule has 0 aliphatic carbocycles. The van der Waals surface area contributed by atoms with E-state index in [2.05, 4.69) is 19.8 Å². The molecule has 0 saturated heterocycles. The second-order valence-corrected chi connectivity index (χ2v) is 7.91. The SMILES string of the molecule is Cc1ccc(-c2cc(F)c(-c3ccc(C)s3)c(N)c2N=[Se])s1. The molecular formula is C16H13FN2S2Se. The zero-order valence-electron chi connectivity index (χ0n) is 12.0. The van der Waals surface area contributed by atoms with Crippen LogP contribution in [0.1, 0.15) is 9.75 Å². The quantitative estimate of drug-likeness (QED) is 0.464. The van der Waals surface area contributed by atoms with Crippen LogP contribution in [0.2, 0.25) is 0 Å². The number of aryl methyl sites for hydroxylation is 2. The van der Waals surface area contributed by atoms with Gasteiger partial charge in [-0.05, 0) is 0 Å². The van der Waals surface area contributed by atoms with Gasteiger partial charge in [-0.3, -0.25) is 0 Å². The Morgan fingerprint density at radius 1 is 1.05 bits per heavy atom. The summed E-state index contributed by atoms with van der Waals surface area (Å²) in [5, 5.41) is 0. The first-order chi connectivity index (χ1) is 10.5. The van der Waals surface area contributed by atoms with Gasteiger partial charge in [0.1, 0.15) is 0 Å². The van der Waals surface area contributed by atoms with Gasteiger partial charge in [0.05, 0.1) is 0 Å². The van der Waals surface area contributed by atoms with E-state index in [1.54, 1.807) is 11.3 Å². The Labute approximate surface area is 144 Å². The van der Waals surface area contributed by atoms with Gasteiger partial charge in [0.15, 0.2) is 0 Å². The summed E-state index contributed by atoms with van der Waals surface area (Å²) in [6.45, 7) is 4.01. The van der Waals surface area contributed by atoms with Gasteiger partial charge in [0.2, 0.25) is 0 Å². The zero-order chi connectivity index (χ0) is 15.9. The predicted molar refractivity (Wildman–Crippen MR) is 94.8 cm³/mol. The molecule has 0 aliphatic heterocycles. The van der Waals surface area contributed by atoms with Crippen molar-refractivity contribution in [1.82, 2.24) is 0 Å². The van der Waals surface area contributed by atoms with Gasteiger partial charge in [0.25, 0.3) is 0 Å².